The van der Waals surface area contributed by atoms with Gasteiger partial charge in [-0.25, -0.2) is 13.4 Å². The molecule has 0 atom stereocenters. The van der Waals surface area contributed by atoms with Crippen molar-refractivity contribution in [3.8, 4) is 22.4 Å². The first-order chi connectivity index (χ1) is 23.2. The van der Waals surface area contributed by atoms with Crippen molar-refractivity contribution < 1.29 is 22.6 Å². The molecule has 1 aliphatic rings. The Morgan fingerprint density at radius 1 is 0.857 bits per heavy atom. The maximum Gasteiger partial charge on any atom is 0.165 e. The van der Waals surface area contributed by atoms with E-state index in [9.17, 15) is 8.42 Å². The van der Waals surface area contributed by atoms with Crippen molar-refractivity contribution in [1.29, 1.82) is 0 Å². The molecular weight excluding hydrogens is 671 g/mol. The molecule has 1 aliphatic heterocycles. The normalized spacial score (nSPS) is 15.6. The van der Waals surface area contributed by atoms with Crippen LogP contribution in [0.15, 0.2) is 54.9 Å². The standard InChI is InChI=1S/C36H53N5O5SSi2/c1-44-25-32-34(29-15-19-47(42,43)20-16-29)39-35-31(30-13-14-33(37-23-30)28-11-9-8-10-12-28)24-38-41(35)36(32)40(26-45-17-21-48(2,3)4)27-46-18-22-49(5,6)7/h8-14,23-24,29H,15-22,25-27H2,1-7H3. The summed E-state index contributed by atoms with van der Waals surface area (Å²) in [6.07, 6.45) is 4.73. The van der Waals surface area contributed by atoms with Gasteiger partial charge in [0.1, 0.15) is 29.1 Å². The Morgan fingerprint density at radius 3 is 2.04 bits per heavy atom. The summed E-state index contributed by atoms with van der Waals surface area (Å²) in [6.45, 7) is 16.3. The second kappa shape index (κ2) is 15.9. The van der Waals surface area contributed by atoms with E-state index in [0.29, 0.717) is 51.8 Å². The Balaban J connectivity index is 1.61. The number of benzene rings is 1. The van der Waals surface area contributed by atoms with Crippen LogP contribution >= 0.6 is 0 Å². The van der Waals surface area contributed by atoms with Crippen molar-refractivity contribution in [2.75, 3.05) is 50.2 Å². The van der Waals surface area contributed by atoms with E-state index in [4.69, 9.17) is 29.3 Å². The summed E-state index contributed by atoms with van der Waals surface area (Å²) in [6, 6.07) is 16.3. The largest absolute Gasteiger partial charge is 0.380 e. The van der Waals surface area contributed by atoms with Crippen molar-refractivity contribution in [2.24, 2.45) is 0 Å². The molecule has 13 heteroatoms. The molecule has 5 rings (SSSR count). The van der Waals surface area contributed by atoms with Gasteiger partial charge in [0.2, 0.25) is 0 Å². The second-order valence-electron chi connectivity index (χ2n) is 15.5. The number of sulfone groups is 1. The number of anilines is 1. The molecule has 0 amide bonds. The number of aromatic nitrogens is 4. The van der Waals surface area contributed by atoms with Crippen molar-refractivity contribution in [1.82, 2.24) is 19.6 Å². The third-order valence-corrected chi connectivity index (χ3v) is 14.0. The average Bonchev–Trinajstić information content (AvgIpc) is 3.47. The maximum absolute atomic E-state index is 12.5. The molecule has 0 saturated carbocycles. The fourth-order valence-corrected chi connectivity index (χ4v) is 8.94. The van der Waals surface area contributed by atoms with Crippen molar-refractivity contribution in [2.45, 2.75) is 76.7 Å². The summed E-state index contributed by atoms with van der Waals surface area (Å²) in [5, 5.41) is 4.92. The lowest BCUT2D eigenvalue weighted by atomic mass is 9.94. The van der Waals surface area contributed by atoms with Gasteiger partial charge >= 0.3 is 0 Å². The smallest absolute Gasteiger partial charge is 0.165 e. The number of hydrogen-bond acceptors (Lipinski definition) is 9. The van der Waals surface area contributed by atoms with Crippen LogP contribution in [-0.4, -0.2) is 89.4 Å². The maximum atomic E-state index is 12.5. The van der Waals surface area contributed by atoms with Gasteiger partial charge < -0.3 is 19.1 Å². The molecule has 0 aliphatic carbocycles. The number of methoxy groups -OCH3 is 1. The molecule has 4 heterocycles. The summed E-state index contributed by atoms with van der Waals surface area (Å²) in [5.41, 5.74) is 6.10. The van der Waals surface area contributed by atoms with Crippen LogP contribution in [0.25, 0.3) is 28.0 Å². The molecular formula is C36H53N5O5SSi2. The van der Waals surface area contributed by atoms with Crippen LogP contribution in [0.1, 0.15) is 30.0 Å². The highest BCUT2D eigenvalue weighted by Gasteiger charge is 2.32. The van der Waals surface area contributed by atoms with Gasteiger partial charge in [-0.05, 0) is 31.0 Å². The lowest BCUT2D eigenvalue weighted by Crippen LogP contribution is -2.35. The van der Waals surface area contributed by atoms with Crippen LogP contribution in [-0.2, 0) is 30.7 Å². The minimum atomic E-state index is -3.07. The second-order valence-corrected chi connectivity index (χ2v) is 29.0. The molecule has 1 fully saturated rings. The minimum Gasteiger partial charge on any atom is -0.380 e. The molecule has 0 bridgehead atoms. The van der Waals surface area contributed by atoms with E-state index < -0.39 is 26.0 Å². The Morgan fingerprint density at radius 2 is 1.49 bits per heavy atom. The fraction of sp³-hybridized carbons (Fsp3) is 0.528. The molecule has 0 radical (unpaired) electrons. The van der Waals surface area contributed by atoms with Gasteiger partial charge in [0.15, 0.2) is 5.65 Å². The van der Waals surface area contributed by atoms with Gasteiger partial charge in [0.05, 0.1) is 35.7 Å². The summed E-state index contributed by atoms with van der Waals surface area (Å²) in [7, 11) is -4.00. The summed E-state index contributed by atoms with van der Waals surface area (Å²) in [4.78, 5) is 12.2. The highest BCUT2D eigenvalue weighted by molar-refractivity contribution is 7.91. The molecule has 3 aromatic heterocycles. The van der Waals surface area contributed by atoms with Gasteiger partial charge in [-0.15, -0.1) is 0 Å². The van der Waals surface area contributed by atoms with E-state index >= 15 is 0 Å². The number of hydrogen-bond donors (Lipinski definition) is 0. The van der Waals surface area contributed by atoms with E-state index in [1.165, 1.54) is 0 Å². The molecule has 0 unspecified atom stereocenters. The Kier molecular flexibility index (Phi) is 12.1. The van der Waals surface area contributed by atoms with E-state index in [1.54, 1.807) is 7.11 Å². The Labute approximate surface area is 294 Å². The Hall–Kier alpha value is -2.95. The number of pyridine rings is 1. The molecule has 10 nitrogen and oxygen atoms in total. The fourth-order valence-electron chi connectivity index (χ4n) is 5.94. The number of fused-ring (bicyclic) bond motifs is 1. The van der Waals surface area contributed by atoms with Crippen molar-refractivity contribution >= 4 is 37.5 Å². The first-order valence-electron chi connectivity index (χ1n) is 17.3. The number of nitrogens with zero attached hydrogens (tertiary/aromatic N) is 5. The van der Waals surface area contributed by atoms with Crippen LogP contribution in [0.4, 0.5) is 5.82 Å². The van der Waals surface area contributed by atoms with Crippen LogP contribution in [0.3, 0.4) is 0 Å². The van der Waals surface area contributed by atoms with Gasteiger partial charge in [-0.2, -0.15) is 9.61 Å². The molecule has 1 saturated heterocycles. The topological polar surface area (TPSA) is 108 Å². The van der Waals surface area contributed by atoms with E-state index in [-0.39, 0.29) is 17.4 Å². The zero-order valence-electron chi connectivity index (χ0n) is 30.2. The molecule has 49 heavy (non-hydrogen) atoms. The summed E-state index contributed by atoms with van der Waals surface area (Å²) >= 11 is 0. The third kappa shape index (κ3) is 10.1. The van der Waals surface area contributed by atoms with Crippen LogP contribution in [0.5, 0.6) is 0 Å². The first kappa shape index (κ1) is 37.3. The molecule has 1 aromatic carbocycles. The monoisotopic (exact) mass is 723 g/mol. The van der Waals surface area contributed by atoms with E-state index in [1.807, 2.05) is 53.3 Å². The summed E-state index contributed by atoms with van der Waals surface area (Å²) < 4.78 is 45.4. The zero-order valence-corrected chi connectivity index (χ0v) is 33.1. The van der Waals surface area contributed by atoms with Crippen LogP contribution < -0.4 is 4.90 Å². The SMILES string of the molecule is COCc1c(C2CCS(=O)(=O)CC2)nc2c(-c3ccc(-c4ccccc4)nc3)cnn2c1N(COCC[Si](C)(C)C)COCC[Si](C)(C)C. The van der Waals surface area contributed by atoms with Gasteiger partial charge in [0, 0.05) is 70.8 Å². The van der Waals surface area contributed by atoms with E-state index in [2.05, 4.69) is 50.2 Å². The predicted octanol–water partition coefficient (Wildman–Crippen LogP) is 7.33. The lowest BCUT2D eigenvalue weighted by molar-refractivity contribution is 0.0934. The quantitative estimate of drug-likeness (QED) is 0.0667. The molecule has 266 valence electrons. The van der Waals surface area contributed by atoms with Crippen LogP contribution in [0, 0.1) is 0 Å². The lowest BCUT2D eigenvalue weighted by Gasteiger charge is -2.31. The minimum absolute atomic E-state index is 0.0405. The van der Waals surface area contributed by atoms with Gasteiger partial charge in [-0.3, -0.25) is 4.98 Å². The number of ether oxygens (including phenoxy) is 3. The third-order valence-electron chi connectivity index (χ3n) is 8.91. The van der Waals surface area contributed by atoms with Gasteiger partial charge in [0.25, 0.3) is 0 Å². The first-order valence-corrected chi connectivity index (χ1v) is 26.5. The molecule has 4 aromatic rings. The van der Waals surface area contributed by atoms with Crippen molar-refractivity contribution in [3.05, 3.63) is 66.1 Å². The van der Waals surface area contributed by atoms with E-state index in [0.717, 1.165) is 51.5 Å². The summed E-state index contributed by atoms with van der Waals surface area (Å²) in [5.74, 6) is 1.05. The van der Waals surface area contributed by atoms with Crippen LogP contribution in [0.2, 0.25) is 51.4 Å². The molecule has 0 spiro atoms. The Bertz CT molecular complexity index is 1750. The highest BCUT2D eigenvalue weighted by Crippen LogP contribution is 2.38. The number of rotatable bonds is 16. The van der Waals surface area contributed by atoms with Crippen molar-refractivity contribution in [3.63, 3.8) is 0 Å². The highest BCUT2D eigenvalue weighted by atomic mass is 32.2. The predicted molar refractivity (Wildman–Crippen MR) is 203 cm³/mol. The van der Waals surface area contributed by atoms with Gasteiger partial charge in [-0.1, -0.05) is 75.7 Å². The zero-order chi connectivity index (χ0) is 35.2. The average molecular weight is 724 g/mol. The molecule has 0 N–H and O–H groups in total.